The van der Waals surface area contributed by atoms with Crippen LogP contribution in [0.25, 0.3) is 6.08 Å². The number of hydrogen-bond donors (Lipinski definition) is 1. The zero-order chi connectivity index (χ0) is 20.8. The minimum absolute atomic E-state index is 0.105. The Bertz CT molecular complexity index is 1100. The van der Waals surface area contributed by atoms with E-state index in [0.29, 0.717) is 23.6 Å². The molecule has 1 heterocycles. The summed E-state index contributed by atoms with van der Waals surface area (Å²) in [7, 11) is 1.88. The fraction of sp³-hybridized carbons (Fsp3) is 0.0952. The first-order valence-electron chi connectivity index (χ1n) is 8.53. The number of nitrogens with one attached hydrogen (secondary N) is 1. The molecule has 146 valence electrons. The average Bonchev–Trinajstić information content (AvgIpc) is 3.13. The van der Waals surface area contributed by atoms with Crippen molar-refractivity contribution in [1.29, 1.82) is 5.26 Å². The number of halogens is 2. The summed E-state index contributed by atoms with van der Waals surface area (Å²) in [5.74, 6) is 0.212. The first-order valence-corrected chi connectivity index (χ1v) is 8.91. The molecule has 0 saturated heterocycles. The Hall–Kier alpha value is -3.63. The SMILES string of the molecule is Cn1ccnc1COc1ccc(C=C(C#N)C(=O)Nc2ccc(F)c(Cl)c2)cc1. The highest BCUT2D eigenvalue weighted by Crippen LogP contribution is 2.20. The summed E-state index contributed by atoms with van der Waals surface area (Å²) in [4.78, 5) is 16.5. The van der Waals surface area contributed by atoms with Gasteiger partial charge in [-0.15, -0.1) is 0 Å². The van der Waals surface area contributed by atoms with Gasteiger partial charge in [-0.2, -0.15) is 5.26 Å². The molecular formula is C21H16ClFN4O2. The predicted molar refractivity (Wildman–Crippen MR) is 108 cm³/mol. The van der Waals surface area contributed by atoms with Crippen LogP contribution in [0, 0.1) is 17.1 Å². The van der Waals surface area contributed by atoms with Crippen LogP contribution in [0.5, 0.6) is 5.75 Å². The largest absolute Gasteiger partial charge is 0.486 e. The van der Waals surface area contributed by atoms with Crippen molar-refractivity contribution in [2.75, 3.05) is 5.32 Å². The molecule has 0 fully saturated rings. The minimum atomic E-state index is -0.620. The number of rotatable bonds is 6. The standard InChI is InChI=1S/C21H16ClFN4O2/c1-27-9-8-25-20(27)13-29-17-5-2-14(3-6-17)10-15(12-24)21(28)26-16-4-7-19(23)18(22)11-16/h2-11H,13H2,1H3,(H,26,28). The summed E-state index contributed by atoms with van der Waals surface area (Å²) in [6, 6.07) is 12.6. The number of carbonyl (C=O) groups excluding carboxylic acids is 1. The van der Waals surface area contributed by atoms with Crippen molar-refractivity contribution in [3.05, 3.63) is 82.7 Å². The zero-order valence-corrected chi connectivity index (χ0v) is 16.2. The van der Waals surface area contributed by atoms with E-state index in [0.717, 1.165) is 11.9 Å². The lowest BCUT2D eigenvalue weighted by Crippen LogP contribution is -2.13. The zero-order valence-electron chi connectivity index (χ0n) is 15.4. The van der Waals surface area contributed by atoms with Crippen molar-refractivity contribution in [2.24, 2.45) is 7.05 Å². The molecule has 0 spiro atoms. The first kappa shape index (κ1) is 20.1. The molecule has 0 radical (unpaired) electrons. The van der Waals surface area contributed by atoms with Crippen LogP contribution < -0.4 is 10.1 Å². The van der Waals surface area contributed by atoms with Gasteiger partial charge in [0, 0.05) is 25.1 Å². The molecule has 0 saturated carbocycles. The topological polar surface area (TPSA) is 79.9 Å². The Labute approximate surface area is 171 Å². The van der Waals surface area contributed by atoms with Crippen LogP contribution in [0.3, 0.4) is 0 Å². The minimum Gasteiger partial charge on any atom is -0.486 e. The van der Waals surface area contributed by atoms with Crippen molar-refractivity contribution in [3.63, 3.8) is 0 Å². The molecule has 1 N–H and O–H groups in total. The number of amides is 1. The summed E-state index contributed by atoms with van der Waals surface area (Å²) in [6.45, 7) is 0.324. The number of ether oxygens (including phenoxy) is 1. The van der Waals surface area contributed by atoms with Gasteiger partial charge in [0.2, 0.25) is 0 Å². The van der Waals surface area contributed by atoms with Crippen LogP contribution in [-0.4, -0.2) is 15.5 Å². The lowest BCUT2D eigenvalue weighted by Gasteiger charge is -2.07. The molecule has 8 heteroatoms. The van der Waals surface area contributed by atoms with Gasteiger partial charge >= 0.3 is 0 Å². The van der Waals surface area contributed by atoms with Crippen LogP contribution in [0.2, 0.25) is 5.02 Å². The van der Waals surface area contributed by atoms with Crippen LogP contribution in [0.15, 0.2) is 60.4 Å². The van der Waals surface area contributed by atoms with Crippen LogP contribution >= 0.6 is 11.6 Å². The fourth-order valence-electron chi connectivity index (χ4n) is 2.43. The molecule has 0 aliphatic carbocycles. The Balaban J connectivity index is 1.66. The molecule has 0 aliphatic rings. The van der Waals surface area contributed by atoms with Crippen molar-refractivity contribution >= 4 is 29.3 Å². The van der Waals surface area contributed by atoms with Gasteiger partial charge in [-0.25, -0.2) is 9.37 Å². The van der Waals surface area contributed by atoms with Crippen molar-refractivity contribution in [3.8, 4) is 11.8 Å². The molecule has 0 bridgehead atoms. The van der Waals surface area contributed by atoms with Crippen LogP contribution in [0.1, 0.15) is 11.4 Å². The Kier molecular flexibility index (Phi) is 6.27. The Morgan fingerprint density at radius 3 is 2.72 bits per heavy atom. The molecule has 0 aliphatic heterocycles. The van der Waals surface area contributed by atoms with Crippen LogP contribution in [-0.2, 0) is 18.4 Å². The maximum Gasteiger partial charge on any atom is 0.266 e. The quantitative estimate of drug-likeness (QED) is 0.484. The van der Waals surface area contributed by atoms with E-state index < -0.39 is 11.7 Å². The molecule has 3 aromatic rings. The van der Waals surface area contributed by atoms with Crippen molar-refractivity contribution in [1.82, 2.24) is 9.55 Å². The van der Waals surface area contributed by atoms with E-state index in [-0.39, 0.29) is 10.6 Å². The number of nitriles is 1. The lowest BCUT2D eigenvalue weighted by atomic mass is 10.1. The smallest absolute Gasteiger partial charge is 0.266 e. The van der Waals surface area contributed by atoms with E-state index >= 15 is 0 Å². The van der Waals surface area contributed by atoms with Gasteiger partial charge in [0.1, 0.15) is 35.6 Å². The van der Waals surface area contributed by atoms with Gasteiger partial charge in [0.25, 0.3) is 5.91 Å². The number of anilines is 1. The van der Waals surface area contributed by atoms with Gasteiger partial charge in [0.05, 0.1) is 5.02 Å². The maximum atomic E-state index is 13.2. The highest BCUT2D eigenvalue weighted by molar-refractivity contribution is 6.31. The summed E-state index contributed by atoms with van der Waals surface area (Å²) in [6.07, 6.45) is 4.98. The summed E-state index contributed by atoms with van der Waals surface area (Å²) < 4.78 is 20.7. The second-order valence-corrected chi connectivity index (χ2v) is 6.47. The van der Waals surface area contributed by atoms with E-state index in [2.05, 4.69) is 10.3 Å². The molecule has 1 amide bonds. The number of imidazole rings is 1. The van der Waals surface area contributed by atoms with Gasteiger partial charge in [-0.05, 0) is 42.0 Å². The third-order valence-corrected chi connectivity index (χ3v) is 4.31. The van der Waals surface area contributed by atoms with Gasteiger partial charge in [-0.1, -0.05) is 23.7 Å². The van der Waals surface area contributed by atoms with Crippen molar-refractivity contribution in [2.45, 2.75) is 6.61 Å². The number of benzene rings is 2. The molecule has 0 atom stereocenters. The van der Waals surface area contributed by atoms with E-state index in [1.807, 2.05) is 23.9 Å². The van der Waals surface area contributed by atoms with E-state index in [1.54, 1.807) is 30.5 Å². The van der Waals surface area contributed by atoms with Crippen LogP contribution in [0.4, 0.5) is 10.1 Å². The second kappa shape index (κ2) is 9.04. The maximum absolute atomic E-state index is 13.2. The fourth-order valence-corrected chi connectivity index (χ4v) is 2.61. The summed E-state index contributed by atoms with van der Waals surface area (Å²) >= 11 is 5.70. The molecule has 1 aromatic heterocycles. The molecular weight excluding hydrogens is 395 g/mol. The summed E-state index contributed by atoms with van der Waals surface area (Å²) in [5, 5.41) is 11.7. The number of carbonyl (C=O) groups is 1. The third kappa shape index (κ3) is 5.21. The molecule has 29 heavy (non-hydrogen) atoms. The predicted octanol–water partition coefficient (Wildman–Crippen LogP) is 4.34. The number of aromatic nitrogens is 2. The van der Waals surface area contributed by atoms with Gasteiger partial charge < -0.3 is 14.6 Å². The lowest BCUT2D eigenvalue weighted by molar-refractivity contribution is -0.112. The van der Waals surface area contributed by atoms with E-state index in [1.165, 1.54) is 18.2 Å². The number of aryl methyl sites for hydroxylation is 1. The monoisotopic (exact) mass is 410 g/mol. The normalized spacial score (nSPS) is 11.0. The highest BCUT2D eigenvalue weighted by Gasteiger charge is 2.11. The van der Waals surface area contributed by atoms with E-state index in [4.69, 9.17) is 16.3 Å². The molecule has 6 nitrogen and oxygen atoms in total. The second-order valence-electron chi connectivity index (χ2n) is 6.06. The van der Waals surface area contributed by atoms with E-state index in [9.17, 15) is 14.4 Å². The number of nitrogens with zero attached hydrogens (tertiary/aromatic N) is 3. The average molecular weight is 411 g/mol. The highest BCUT2D eigenvalue weighted by atomic mass is 35.5. The summed E-state index contributed by atoms with van der Waals surface area (Å²) in [5.41, 5.74) is 0.839. The van der Waals surface area contributed by atoms with Crippen molar-refractivity contribution < 1.29 is 13.9 Å². The number of hydrogen-bond acceptors (Lipinski definition) is 4. The Morgan fingerprint density at radius 2 is 2.10 bits per heavy atom. The third-order valence-electron chi connectivity index (χ3n) is 4.02. The molecule has 0 unspecified atom stereocenters. The molecule has 3 rings (SSSR count). The first-order chi connectivity index (χ1) is 14.0. The van der Waals surface area contributed by atoms with Gasteiger partial charge in [0.15, 0.2) is 0 Å². The van der Waals surface area contributed by atoms with Gasteiger partial charge in [-0.3, -0.25) is 4.79 Å². The molecule has 2 aromatic carbocycles. The Morgan fingerprint density at radius 1 is 1.34 bits per heavy atom.